The molecule has 0 atom stereocenters. The van der Waals surface area contributed by atoms with Crippen LogP contribution in [0.25, 0.3) is 0 Å². The fourth-order valence-corrected chi connectivity index (χ4v) is 0.888. The molecule has 0 amide bonds. The van der Waals surface area contributed by atoms with Crippen molar-refractivity contribution in [1.29, 1.82) is 10.8 Å². The number of nitrogens with one attached hydrogen (secondary N) is 2. The summed E-state index contributed by atoms with van der Waals surface area (Å²) in [5.41, 5.74) is 1.16. The van der Waals surface area contributed by atoms with Gasteiger partial charge in [0.2, 0.25) is 12.2 Å². The standard InChI is InChI=1S/C9H12O2.2CHNO/c1-10-7-8-3-5-9(11-2)6-4-8;2*2-1-3/h3-6H,7H2,1-2H3;2*2H. The lowest BCUT2D eigenvalue weighted by Crippen LogP contribution is -1.87. The van der Waals surface area contributed by atoms with E-state index in [1.165, 1.54) is 0 Å². The number of ether oxygens (including phenoxy) is 2. The Balaban J connectivity index is 0. The lowest BCUT2D eigenvalue weighted by molar-refractivity contribution is 0.185. The quantitative estimate of drug-likeness (QED) is 0.617. The first-order valence-corrected chi connectivity index (χ1v) is 4.39. The van der Waals surface area contributed by atoms with Crippen LogP contribution in [0.1, 0.15) is 5.56 Å². The zero-order valence-electron chi connectivity index (χ0n) is 9.65. The highest BCUT2D eigenvalue weighted by Gasteiger charge is 1.91. The molecule has 0 saturated heterocycles. The molecule has 17 heavy (non-hydrogen) atoms. The molecule has 6 heteroatoms. The average Bonchev–Trinajstić information content (AvgIpc) is 2.32. The Morgan fingerprint density at radius 1 is 1.06 bits per heavy atom. The van der Waals surface area contributed by atoms with E-state index >= 15 is 0 Å². The molecule has 1 rings (SSSR count). The van der Waals surface area contributed by atoms with Crippen LogP contribution < -0.4 is 4.74 Å². The molecule has 0 unspecified atom stereocenters. The first kappa shape index (κ1) is 17.1. The molecule has 0 aliphatic carbocycles. The Bertz CT molecular complexity index is 338. The molecule has 1 aromatic rings. The van der Waals surface area contributed by atoms with Crippen molar-refractivity contribution in [2.24, 2.45) is 0 Å². The first-order chi connectivity index (χ1) is 8.19. The highest BCUT2D eigenvalue weighted by molar-refractivity contribution is 5.27. The van der Waals surface area contributed by atoms with Crippen molar-refractivity contribution >= 4 is 12.2 Å². The Kier molecular flexibility index (Phi) is 13.9. The van der Waals surface area contributed by atoms with Crippen molar-refractivity contribution in [3.05, 3.63) is 29.8 Å². The molecule has 92 valence electrons. The number of isocyanates is 2. The fraction of sp³-hybridized carbons (Fsp3) is 0.273. The van der Waals surface area contributed by atoms with Gasteiger partial charge in [0.25, 0.3) is 0 Å². The zero-order chi connectivity index (χ0) is 13.5. The van der Waals surface area contributed by atoms with E-state index in [1.807, 2.05) is 24.3 Å². The minimum atomic E-state index is 0.657. The molecule has 6 nitrogen and oxygen atoms in total. The van der Waals surface area contributed by atoms with Crippen LogP contribution in [0.3, 0.4) is 0 Å². The predicted octanol–water partition coefficient (Wildman–Crippen LogP) is 1.64. The van der Waals surface area contributed by atoms with Gasteiger partial charge in [-0.3, -0.25) is 0 Å². The van der Waals surface area contributed by atoms with Gasteiger partial charge in [-0.05, 0) is 17.7 Å². The van der Waals surface area contributed by atoms with Gasteiger partial charge in [0.05, 0.1) is 13.7 Å². The summed E-state index contributed by atoms with van der Waals surface area (Å²) in [5, 5.41) is 10.8. The Morgan fingerprint density at radius 3 is 1.76 bits per heavy atom. The van der Waals surface area contributed by atoms with Crippen LogP contribution in [-0.4, -0.2) is 26.4 Å². The molecule has 2 N–H and O–H groups in total. The van der Waals surface area contributed by atoms with E-state index in [1.54, 1.807) is 14.2 Å². The third-order valence-electron chi connectivity index (χ3n) is 1.47. The summed E-state index contributed by atoms with van der Waals surface area (Å²) in [6, 6.07) is 7.83. The minimum Gasteiger partial charge on any atom is -0.497 e. The molecule has 0 aromatic heterocycles. The topological polar surface area (TPSA) is 100 Å². The maximum Gasteiger partial charge on any atom is 0.231 e. The van der Waals surface area contributed by atoms with Crippen LogP contribution in [0, 0.1) is 10.8 Å². The van der Waals surface area contributed by atoms with E-state index in [2.05, 4.69) is 0 Å². The maximum absolute atomic E-state index is 8.35. The van der Waals surface area contributed by atoms with E-state index in [4.69, 9.17) is 29.9 Å². The SMILES string of the molecule is COCc1ccc(OC)cc1.N=C=O.N=C=O. The van der Waals surface area contributed by atoms with Gasteiger partial charge in [0, 0.05) is 7.11 Å². The van der Waals surface area contributed by atoms with E-state index in [0.717, 1.165) is 23.5 Å². The van der Waals surface area contributed by atoms with Gasteiger partial charge in [0.1, 0.15) is 5.75 Å². The van der Waals surface area contributed by atoms with Crippen LogP contribution >= 0.6 is 0 Å². The number of hydrogen-bond donors (Lipinski definition) is 2. The van der Waals surface area contributed by atoms with Gasteiger partial charge in [-0.2, -0.15) is 0 Å². The Labute approximate surface area is 99.2 Å². The van der Waals surface area contributed by atoms with Crippen LogP contribution in [0.15, 0.2) is 24.3 Å². The summed E-state index contributed by atoms with van der Waals surface area (Å²) in [5.74, 6) is 0.879. The molecule has 0 aliphatic heterocycles. The van der Waals surface area contributed by atoms with E-state index < -0.39 is 0 Å². The number of benzene rings is 1. The summed E-state index contributed by atoms with van der Waals surface area (Å²) in [4.78, 5) is 16.7. The largest absolute Gasteiger partial charge is 0.497 e. The van der Waals surface area contributed by atoms with Gasteiger partial charge in [0.15, 0.2) is 0 Å². The van der Waals surface area contributed by atoms with E-state index in [0.29, 0.717) is 6.61 Å². The van der Waals surface area contributed by atoms with Gasteiger partial charge in [-0.1, -0.05) is 12.1 Å². The summed E-state index contributed by atoms with van der Waals surface area (Å²) in [6.07, 6.45) is 1.50. The molecule has 0 saturated carbocycles. The molecule has 0 fully saturated rings. The second kappa shape index (κ2) is 13.7. The number of methoxy groups -OCH3 is 2. The van der Waals surface area contributed by atoms with Crippen LogP contribution in [0.5, 0.6) is 5.75 Å². The van der Waals surface area contributed by atoms with Crippen LogP contribution in [-0.2, 0) is 20.9 Å². The Hall–Kier alpha value is -2.26. The number of carbonyl (C=O) groups excluding carboxylic acids is 2. The molecule has 0 spiro atoms. The molecule has 1 aromatic carbocycles. The monoisotopic (exact) mass is 238 g/mol. The normalized spacial score (nSPS) is 7.18. The third kappa shape index (κ3) is 11.7. The van der Waals surface area contributed by atoms with Crippen LogP contribution in [0.4, 0.5) is 0 Å². The molecule has 0 bridgehead atoms. The summed E-state index contributed by atoms with van der Waals surface area (Å²) >= 11 is 0. The summed E-state index contributed by atoms with van der Waals surface area (Å²) in [6.45, 7) is 0.657. The highest BCUT2D eigenvalue weighted by Crippen LogP contribution is 2.11. The van der Waals surface area contributed by atoms with Crippen LogP contribution in [0.2, 0.25) is 0 Å². The zero-order valence-corrected chi connectivity index (χ0v) is 9.65. The molecular formula is C11H14N2O4. The second-order valence-electron chi connectivity index (χ2n) is 2.49. The molecule has 0 aliphatic rings. The summed E-state index contributed by atoms with van der Waals surface area (Å²) in [7, 11) is 3.34. The van der Waals surface area contributed by atoms with Gasteiger partial charge >= 0.3 is 0 Å². The van der Waals surface area contributed by atoms with Crippen molar-refractivity contribution in [3.8, 4) is 5.75 Å². The third-order valence-corrected chi connectivity index (χ3v) is 1.47. The highest BCUT2D eigenvalue weighted by atomic mass is 16.5. The lowest BCUT2D eigenvalue weighted by atomic mass is 10.2. The smallest absolute Gasteiger partial charge is 0.231 e. The minimum absolute atomic E-state index is 0.657. The second-order valence-corrected chi connectivity index (χ2v) is 2.49. The van der Waals surface area contributed by atoms with Gasteiger partial charge in [-0.15, -0.1) is 0 Å². The predicted molar refractivity (Wildman–Crippen MR) is 60.5 cm³/mol. The molecular weight excluding hydrogens is 224 g/mol. The summed E-state index contributed by atoms with van der Waals surface area (Å²) < 4.78 is 9.97. The van der Waals surface area contributed by atoms with Crippen molar-refractivity contribution in [3.63, 3.8) is 0 Å². The first-order valence-electron chi connectivity index (χ1n) is 4.39. The van der Waals surface area contributed by atoms with Crippen molar-refractivity contribution < 1.29 is 19.1 Å². The molecule has 0 radical (unpaired) electrons. The average molecular weight is 238 g/mol. The van der Waals surface area contributed by atoms with E-state index in [-0.39, 0.29) is 0 Å². The number of rotatable bonds is 3. The Morgan fingerprint density at radius 2 is 1.47 bits per heavy atom. The van der Waals surface area contributed by atoms with Crippen molar-refractivity contribution in [2.75, 3.05) is 14.2 Å². The maximum atomic E-state index is 8.35. The van der Waals surface area contributed by atoms with Crippen molar-refractivity contribution in [1.82, 2.24) is 0 Å². The fourth-order valence-electron chi connectivity index (χ4n) is 0.888. The van der Waals surface area contributed by atoms with Crippen molar-refractivity contribution in [2.45, 2.75) is 6.61 Å². The van der Waals surface area contributed by atoms with Gasteiger partial charge in [-0.25, -0.2) is 20.4 Å². The molecule has 0 heterocycles. The number of hydrogen-bond acceptors (Lipinski definition) is 6. The van der Waals surface area contributed by atoms with E-state index in [9.17, 15) is 0 Å². The lowest BCUT2D eigenvalue weighted by Gasteiger charge is -2.01. The van der Waals surface area contributed by atoms with Gasteiger partial charge < -0.3 is 9.47 Å².